The Morgan fingerprint density at radius 1 is 1.20 bits per heavy atom. The van der Waals surface area contributed by atoms with Crippen molar-refractivity contribution in [2.45, 2.75) is 25.7 Å². The number of carbonyl (C=O) groups is 2. The van der Waals surface area contributed by atoms with Crippen LogP contribution in [0.2, 0.25) is 0 Å². The first-order valence-corrected chi connectivity index (χ1v) is 8.39. The van der Waals surface area contributed by atoms with E-state index < -0.39 is 0 Å². The van der Waals surface area contributed by atoms with E-state index in [2.05, 4.69) is 5.32 Å². The Bertz CT molecular complexity index is 801. The van der Waals surface area contributed by atoms with Crippen molar-refractivity contribution in [3.63, 3.8) is 0 Å². The molecular weight excluding hydrogens is 316 g/mol. The van der Waals surface area contributed by atoms with Gasteiger partial charge in [-0.3, -0.25) is 9.59 Å². The van der Waals surface area contributed by atoms with Crippen molar-refractivity contribution in [1.29, 1.82) is 0 Å². The molecule has 5 nitrogen and oxygen atoms in total. The summed E-state index contributed by atoms with van der Waals surface area (Å²) in [4.78, 5) is 25.6. The summed E-state index contributed by atoms with van der Waals surface area (Å²) in [6, 6.07) is 13.4. The smallest absolute Gasteiger partial charge is 0.227 e. The third-order valence-electron chi connectivity index (χ3n) is 4.48. The van der Waals surface area contributed by atoms with Gasteiger partial charge in [-0.15, -0.1) is 0 Å². The highest BCUT2D eigenvalue weighted by Crippen LogP contribution is 2.29. The van der Waals surface area contributed by atoms with Crippen molar-refractivity contribution in [2.75, 3.05) is 24.4 Å². The molecule has 130 valence electrons. The van der Waals surface area contributed by atoms with Gasteiger partial charge in [0.05, 0.1) is 7.11 Å². The summed E-state index contributed by atoms with van der Waals surface area (Å²) in [6.07, 6.45) is 2.29. The van der Waals surface area contributed by atoms with Crippen molar-refractivity contribution in [3.8, 4) is 5.75 Å². The molecule has 2 amide bonds. The summed E-state index contributed by atoms with van der Waals surface area (Å²) in [5.41, 5.74) is 3.86. The normalized spacial score (nSPS) is 13.4. The Hall–Kier alpha value is -2.82. The van der Waals surface area contributed by atoms with E-state index in [1.165, 1.54) is 0 Å². The van der Waals surface area contributed by atoms with Gasteiger partial charge in [-0.2, -0.15) is 0 Å². The number of fused-ring (bicyclic) bond motifs is 1. The molecule has 0 fully saturated rings. The number of aryl methyl sites for hydroxylation is 2. The fourth-order valence-electron chi connectivity index (χ4n) is 3.04. The minimum absolute atomic E-state index is 0.0250. The summed E-state index contributed by atoms with van der Waals surface area (Å²) in [6.45, 7) is 0. The van der Waals surface area contributed by atoms with Crippen molar-refractivity contribution in [1.82, 2.24) is 0 Å². The van der Waals surface area contributed by atoms with E-state index in [0.29, 0.717) is 25.7 Å². The van der Waals surface area contributed by atoms with E-state index in [-0.39, 0.29) is 11.8 Å². The van der Waals surface area contributed by atoms with Gasteiger partial charge >= 0.3 is 0 Å². The highest BCUT2D eigenvalue weighted by Gasteiger charge is 2.20. The molecule has 0 bridgehead atoms. The van der Waals surface area contributed by atoms with Crippen LogP contribution in [0.5, 0.6) is 5.75 Å². The largest absolute Gasteiger partial charge is 0.497 e. The van der Waals surface area contributed by atoms with Crippen LogP contribution in [-0.4, -0.2) is 26.0 Å². The highest BCUT2D eigenvalue weighted by atomic mass is 16.5. The molecule has 0 aromatic heterocycles. The molecule has 0 atom stereocenters. The molecule has 0 unspecified atom stereocenters. The second-order valence-corrected chi connectivity index (χ2v) is 6.20. The molecule has 25 heavy (non-hydrogen) atoms. The number of ether oxygens (including phenoxy) is 1. The summed E-state index contributed by atoms with van der Waals surface area (Å²) in [5, 5.41) is 2.94. The fraction of sp³-hybridized carbons (Fsp3) is 0.300. The minimum Gasteiger partial charge on any atom is -0.497 e. The van der Waals surface area contributed by atoms with E-state index in [0.717, 1.165) is 28.3 Å². The van der Waals surface area contributed by atoms with Gasteiger partial charge in [0.15, 0.2) is 0 Å². The monoisotopic (exact) mass is 338 g/mol. The zero-order chi connectivity index (χ0) is 17.8. The number of carbonyl (C=O) groups excluding carboxylic acids is 2. The van der Waals surface area contributed by atoms with Crippen molar-refractivity contribution < 1.29 is 14.3 Å². The molecule has 1 aliphatic heterocycles. The Kier molecular flexibility index (Phi) is 5.03. The molecule has 2 aromatic carbocycles. The van der Waals surface area contributed by atoms with Gasteiger partial charge in [0, 0.05) is 31.3 Å². The van der Waals surface area contributed by atoms with Crippen molar-refractivity contribution in [3.05, 3.63) is 53.6 Å². The maximum absolute atomic E-state index is 12.2. The molecule has 0 saturated heterocycles. The Balaban J connectivity index is 1.60. The summed E-state index contributed by atoms with van der Waals surface area (Å²) in [5.74, 6) is 0.900. The Labute approximate surface area is 147 Å². The van der Waals surface area contributed by atoms with Crippen LogP contribution in [0.15, 0.2) is 42.5 Å². The second kappa shape index (κ2) is 7.38. The maximum Gasteiger partial charge on any atom is 0.227 e. The van der Waals surface area contributed by atoms with Crippen molar-refractivity contribution >= 4 is 23.2 Å². The average molecular weight is 338 g/mol. The van der Waals surface area contributed by atoms with E-state index in [1.54, 1.807) is 19.1 Å². The number of anilines is 2. The number of rotatable bonds is 5. The number of nitrogens with one attached hydrogen (secondary N) is 1. The molecule has 1 aliphatic rings. The predicted octanol–water partition coefficient (Wildman–Crippen LogP) is 3.18. The van der Waals surface area contributed by atoms with Gasteiger partial charge in [-0.25, -0.2) is 0 Å². The number of benzene rings is 2. The topological polar surface area (TPSA) is 58.6 Å². The molecule has 0 spiro atoms. The van der Waals surface area contributed by atoms with E-state index in [4.69, 9.17) is 4.74 Å². The SMILES string of the molecule is COc1cccc(CCC(=O)Nc2ccc3c(c2)CCC(=O)N3C)c1. The number of amides is 2. The van der Waals surface area contributed by atoms with E-state index in [1.807, 2.05) is 42.5 Å². The lowest BCUT2D eigenvalue weighted by atomic mass is 10.0. The number of hydrogen-bond donors (Lipinski definition) is 1. The van der Waals surface area contributed by atoms with Gasteiger partial charge in [-0.05, 0) is 54.3 Å². The third-order valence-corrected chi connectivity index (χ3v) is 4.48. The summed E-state index contributed by atoms with van der Waals surface area (Å²) >= 11 is 0. The lowest BCUT2D eigenvalue weighted by Gasteiger charge is -2.26. The molecule has 1 heterocycles. The van der Waals surface area contributed by atoms with Gasteiger partial charge < -0.3 is 15.0 Å². The zero-order valence-corrected chi connectivity index (χ0v) is 14.5. The first kappa shape index (κ1) is 17.0. The number of hydrogen-bond acceptors (Lipinski definition) is 3. The van der Waals surface area contributed by atoms with E-state index in [9.17, 15) is 9.59 Å². The molecular formula is C20H22N2O3. The van der Waals surface area contributed by atoms with Crippen LogP contribution < -0.4 is 15.0 Å². The molecule has 2 aromatic rings. The van der Waals surface area contributed by atoms with Crippen LogP contribution in [-0.2, 0) is 22.4 Å². The van der Waals surface area contributed by atoms with Crippen LogP contribution in [0, 0.1) is 0 Å². The van der Waals surface area contributed by atoms with E-state index >= 15 is 0 Å². The lowest BCUT2D eigenvalue weighted by Crippen LogP contribution is -2.31. The van der Waals surface area contributed by atoms with Crippen LogP contribution in [0.25, 0.3) is 0 Å². The highest BCUT2D eigenvalue weighted by molar-refractivity contribution is 5.97. The Morgan fingerprint density at radius 3 is 2.84 bits per heavy atom. The van der Waals surface area contributed by atoms with Gasteiger partial charge in [0.1, 0.15) is 5.75 Å². The summed E-state index contributed by atoms with van der Waals surface area (Å²) in [7, 11) is 3.42. The van der Waals surface area contributed by atoms with Gasteiger partial charge in [-0.1, -0.05) is 12.1 Å². The first-order chi connectivity index (χ1) is 12.1. The first-order valence-electron chi connectivity index (χ1n) is 8.39. The van der Waals surface area contributed by atoms with Crippen LogP contribution in [0.3, 0.4) is 0 Å². The maximum atomic E-state index is 12.2. The fourth-order valence-corrected chi connectivity index (χ4v) is 3.04. The summed E-state index contributed by atoms with van der Waals surface area (Å²) < 4.78 is 5.20. The zero-order valence-electron chi connectivity index (χ0n) is 14.5. The Morgan fingerprint density at radius 2 is 2.04 bits per heavy atom. The minimum atomic E-state index is -0.0250. The average Bonchev–Trinajstić information content (AvgIpc) is 2.63. The third kappa shape index (κ3) is 3.99. The standard InChI is InChI=1S/C20H22N2O3/c1-22-18-9-8-16(13-15(18)7-11-20(22)24)21-19(23)10-6-14-4-3-5-17(12-14)25-2/h3-5,8-9,12-13H,6-7,10-11H2,1-2H3,(H,21,23). The quantitative estimate of drug-likeness (QED) is 0.911. The molecule has 3 rings (SSSR count). The number of nitrogens with zero attached hydrogens (tertiary/aromatic N) is 1. The predicted molar refractivity (Wildman–Crippen MR) is 98.1 cm³/mol. The molecule has 5 heteroatoms. The van der Waals surface area contributed by atoms with Crippen LogP contribution in [0.4, 0.5) is 11.4 Å². The number of methoxy groups -OCH3 is 1. The lowest BCUT2D eigenvalue weighted by molar-refractivity contribution is -0.118. The van der Waals surface area contributed by atoms with Crippen LogP contribution in [0.1, 0.15) is 24.0 Å². The van der Waals surface area contributed by atoms with Crippen LogP contribution >= 0.6 is 0 Å². The van der Waals surface area contributed by atoms with Gasteiger partial charge in [0.25, 0.3) is 0 Å². The second-order valence-electron chi connectivity index (χ2n) is 6.20. The van der Waals surface area contributed by atoms with Gasteiger partial charge in [0.2, 0.25) is 11.8 Å². The van der Waals surface area contributed by atoms with Crippen molar-refractivity contribution in [2.24, 2.45) is 0 Å². The molecule has 0 aliphatic carbocycles. The molecule has 0 radical (unpaired) electrons. The molecule has 1 N–H and O–H groups in total. The molecule has 0 saturated carbocycles.